The van der Waals surface area contributed by atoms with Gasteiger partial charge in [0.1, 0.15) is 5.60 Å². The summed E-state index contributed by atoms with van der Waals surface area (Å²) in [6, 6.07) is 0. The highest BCUT2D eigenvalue weighted by molar-refractivity contribution is 5.97. The van der Waals surface area contributed by atoms with E-state index >= 15 is 0 Å². The van der Waals surface area contributed by atoms with Crippen LogP contribution in [-0.4, -0.2) is 33.0 Å². The molecule has 106 valence electrons. The van der Waals surface area contributed by atoms with Crippen LogP contribution in [0, 0.1) is 11.3 Å². The number of allylic oxidation sites excluding steroid dienone is 1. The maximum atomic E-state index is 12.1. The molecule has 0 aromatic heterocycles. The van der Waals surface area contributed by atoms with Crippen LogP contribution in [0.5, 0.6) is 0 Å². The summed E-state index contributed by atoms with van der Waals surface area (Å²) in [7, 11) is 0. The number of Topliss-reactive ketones (excluding diaryl/α,β-unsaturated/α-hetero) is 1. The predicted molar refractivity (Wildman–Crippen MR) is 72.5 cm³/mol. The predicted octanol–water partition coefficient (Wildman–Crippen LogP) is 1.41. The monoisotopic (exact) mass is 266 g/mol. The minimum Gasteiger partial charge on any atom is -0.386 e. The van der Waals surface area contributed by atoms with Gasteiger partial charge in [-0.2, -0.15) is 0 Å². The maximum Gasteiger partial charge on any atom is 0.168 e. The van der Waals surface area contributed by atoms with Crippen molar-refractivity contribution < 1.29 is 19.8 Å². The van der Waals surface area contributed by atoms with Crippen molar-refractivity contribution in [1.82, 2.24) is 0 Å². The van der Waals surface area contributed by atoms with Gasteiger partial charge < -0.3 is 10.2 Å². The Bertz CT molecular complexity index is 441. The molecule has 0 amide bonds. The lowest BCUT2D eigenvalue weighted by molar-refractivity contribution is -0.142. The molecule has 0 fully saturated rings. The van der Waals surface area contributed by atoms with Crippen LogP contribution in [0.3, 0.4) is 0 Å². The third-order valence-corrected chi connectivity index (χ3v) is 4.14. The molecule has 1 aliphatic carbocycles. The van der Waals surface area contributed by atoms with E-state index in [1.807, 2.05) is 0 Å². The lowest BCUT2D eigenvalue weighted by Crippen LogP contribution is -2.51. The number of carbonyl (C=O) groups excluding carboxylic acids is 2. The van der Waals surface area contributed by atoms with Gasteiger partial charge in [0.2, 0.25) is 0 Å². The van der Waals surface area contributed by atoms with Gasteiger partial charge in [0.25, 0.3) is 0 Å². The second-order valence-electron chi connectivity index (χ2n) is 6.18. The molecule has 0 aliphatic heterocycles. The molecule has 0 spiro atoms. The fourth-order valence-electron chi connectivity index (χ4n) is 2.45. The summed E-state index contributed by atoms with van der Waals surface area (Å²) in [6.07, 6.45) is 3.85. The molecule has 1 rings (SSSR count). The van der Waals surface area contributed by atoms with Crippen molar-refractivity contribution >= 4 is 11.6 Å². The average molecular weight is 266 g/mol. The van der Waals surface area contributed by atoms with E-state index in [2.05, 4.69) is 6.58 Å². The molecule has 0 saturated carbocycles. The van der Waals surface area contributed by atoms with Crippen molar-refractivity contribution in [3.63, 3.8) is 0 Å². The summed E-state index contributed by atoms with van der Waals surface area (Å²) >= 11 is 0. The average Bonchev–Trinajstić information content (AvgIpc) is 2.30. The topological polar surface area (TPSA) is 74.6 Å². The number of aliphatic hydroxyl groups is 2. The Morgan fingerprint density at radius 1 is 1.53 bits per heavy atom. The first-order chi connectivity index (χ1) is 8.45. The molecule has 4 nitrogen and oxygen atoms in total. The first kappa shape index (κ1) is 15.8. The summed E-state index contributed by atoms with van der Waals surface area (Å²) in [5.41, 5.74) is -3.76. The number of ketones is 2. The third-order valence-electron chi connectivity index (χ3n) is 4.14. The minimum atomic E-state index is -1.64. The zero-order chi connectivity index (χ0) is 15.1. The summed E-state index contributed by atoms with van der Waals surface area (Å²) in [5.74, 6) is -1.17. The van der Waals surface area contributed by atoms with E-state index in [1.165, 1.54) is 19.1 Å². The SMILES string of the molecule is C=C[C@](C)(O)C(=O)C[C@H]1C(C)(C)C(=O)C=C[C@@]1(C)O. The summed E-state index contributed by atoms with van der Waals surface area (Å²) in [5, 5.41) is 20.3. The lowest BCUT2D eigenvalue weighted by atomic mass is 9.62. The van der Waals surface area contributed by atoms with Gasteiger partial charge >= 0.3 is 0 Å². The van der Waals surface area contributed by atoms with Gasteiger partial charge in [-0.3, -0.25) is 9.59 Å². The Labute approximate surface area is 113 Å². The van der Waals surface area contributed by atoms with E-state index in [0.29, 0.717) is 0 Å². The van der Waals surface area contributed by atoms with Crippen LogP contribution in [-0.2, 0) is 9.59 Å². The van der Waals surface area contributed by atoms with Gasteiger partial charge in [-0.25, -0.2) is 0 Å². The van der Waals surface area contributed by atoms with Crippen molar-refractivity contribution in [2.75, 3.05) is 0 Å². The third kappa shape index (κ3) is 2.85. The van der Waals surface area contributed by atoms with Crippen LogP contribution in [0.25, 0.3) is 0 Å². The molecule has 1 aliphatic rings. The van der Waals surface area contributed by atoms with Crippen LogP contribution in [0.1, 0.15) is 34.1 Å². The van der Waals surface area contributed by atoms with Crippen molar-refractivity contribution in [2.45, 2.75) is 45.3 Å². The Morgan fingerprint density at radius 2 is 2.05 bits per heavy atom. The molecule has 19 heavy (non-hydrogen) atoms. The van der Waals surface area contributed by atoms with Gasteiger partial charge in [-0.05, 0) is 26.0 Å². The summed E-state index contributed by atoms with van der Waals surface area (Å²) in [4.78, 5) is 24.0. The molecule has 2 N–H and O–H groups in total. The van der Waals surface area contributed by atoms with Crippen molar-refractivity contribution in [2.24, 2.45) is 11.3 Å². The molecular formula is C15H22O4. The number of hydrogen-bond donors (Lipinski definition) is 2. The molecule has 0 unspecified atom stereocenters. The van der Waals surface area contributed by atoms with Crippen molar-refractivity contribution in [3.8, 4) is 0 Å². The zero-order valence-corrected chi connectivity index (χ0v) is 11.9. The highest BCUT2D eigenvalue weighted by Crippen LogP contribution is 2.43. The largest absolute Gasteiger partial charge is 0.386 e. The highest BCUT2D eigenvalue weighted by Gasteiger charge is 2.49. The molecule has 0 heterocycles. The van der Waals surface area contributed by atoms with Gasteiger partial charge in [0.15, 0.2) is 11.6 Å². The number of rotatable bonds is 4. The Kier molecular flexibility index (Phi) is 3.90. The van der Waals surface area contributed by atoms with E-state index in [-0.39, 0.29) is 12.2 Å². The molecular weight excluding hydrogens is 244 g/mol. The van der Waals surface area contributed by atoms with Gasteiger partial charge in [-0.15, -0.1) is 0 Å². The highest BCUT2D eigenvalue weighted by atomic mass is 16.3. The standard InChI is InChI=1S/C15H22O4/c1-6-14(4,18)12(17)9-10-13(2,3)11(16)7-8-15(10,5)19/h6-8,10,18-19H,1,9H2,2-5H3/t10-,14-,15+/m0/s1. The zero-order valence-electron chi connectivity index (χ0n) is 11.9. The normalized spacial score (nSPS) is 32.7. The van der Waals surface area contributed by atoms with E-state index in [9.17, 15) is 19.8 Å². The first-order valence-electron chi connectivity index (χ1n) is 6.30. The van der Waals surface area contributed by atoms with Gasteiger partial charge in [0, 0.05) is 17.8 Å². The van der Waals surface area contributed by atoms with E-state index in [0.717, 1.165) is 6.08 Å². The summed E-state index contributed by atoms with van der Waals surface area (Å²) < 4.78 is 0. The van der Waals surface area contributed by atoms with E-state index in [4.69, 9.17) is 0 Å². The maximum absolute atomic E-state index is 12.1. The smallest absolute Gasteiger partial charge is 0.168 e. The molecule has 0 aromatic carbocycles. The van der Waals surface area contributed by atoms with Gasteiger partial charge in [0.05, 0.1) is 5.60 Å². The van der Waals surface area contributed by atoms with Crippen LogP contribution in [0.4, 0.5) is 0 Å². The second-order valence-corrected chi connectivity index (χ2v) is 6.18. The number of carbonyl (C=O) groups is 2. The minimum absolute atomic E-state index is 0.0882. The van der Waals surface area contributed by atoms with Crippen LogP contribution < -0.4 is 0 Å². The van der Waals surface area contributed by atoms with Crippen LogP contribution in [0.15, 0.2) is 24.8 Å². The second kappa shape index (κ2) is 4.69. The van der Waals surface area contributed by atoms with Crippen molar-refractivity contribution in [3.05, 3.63) is 24.8 Å². The fraction of sp³-hybridized carbons (Fsp3) is 0.600. The Morgan fingerprint density at radius 3 is 2.53 bits per heavy atom. The molecule has 0 radical (unpaired) electrons. The van der Waals surface area contributed by atoms with E-state index in [1.54, 1.807) is 20.8 Å². The van der Waals surface area contributed by atoms with Crippen LogP contribution in [0.2, 0.25) is 0 Å². The first-order valence-corrected chi connectivity index (χ1v) is 6.30. The summed E-state index contributed by atoms with van der Waals surface area (Å²) in [6.45, 7) is 9.74. The molecule has 0 aromatic rings. The fourth-order valence-corrected chi connectivity index (χ4v) is 2.45. The van der Waals surface area contributed by atoms with E-state index < -0.39 is 28.3 Å². The quantitative estimate of drug-likeness (QED) is 0.755. The Hall–Kier alpha value is -1.26. The number of hydrogen-bond acceptors (Lipinski definition) is 4. The molecule has 0 bridgehead atoms. The van der Waals surface area contributed by atoms with Gasteiger partial charge in [-0.1, -0.05) is 26.5 Å². The molecule has 3 atom stereocenters. The van der Waals surface area contributed by atoms with Crippen LogP contribution >= 0.6 is 0 Å². The molecule has 4 heteroatoms. The molecule has 0 saturated heterocycles. The Balaban J connectivity index is 3.10. The lowest BCUT2D eigenvalue weighted by Gasteiger charge is -2.43. The van der Waals surface area contributed by atoms with Crippen molar-refractivity contribution in [1.29, 1.82) is 0 Å².